The van der Waals surface area contributed by atoms with Crippen molar-refractivity contribution in [3.63, 3.8) is 0 Å². The molecular weight excluding hydrogens is 324 g/mol. The van der Waals surface area contributed by atoms with E-state index in [1.165, 1.54) is 19.2 Å². The molecule has 0 aromatic carbocycles. The van der Waals surface area contributed by atoms with Crippen molar-refractivity contribution in [2.75, 3.05) is 13.1 Å². The maximum atomic E-state index is 12.4. The van der Waals surface area contributed by atoms with E-state index in [1.807, 2.05) is 12.1 Å². The van der Waals surface area contributed by atoms with Gasteiger partial charge < -0.3 is 9.42 Å². The topological polar surface area (TPSA) is 107 Å². The number of pyridine rings is 1. The van der Waals surface area contributed by atoms with Gasteiger partial charge in [-0.15, -0.1) is 0 Å². The molecule has 126 valence electrons. The van der Waals surface area contributed by atoms with Gasteiger partial charge in [0.15, 0.2) is 0 Å². The second kappa shape index (κ2) is 5.93. The van der Waals surface area contributed by atoms with E-state index in [4.69, 9.17) is 4.52 Å². The Balaban J connectivity index is 1.43. The van der Waals surface area contributed by atoms with Gasteiger partial charge in [0.1, 0.15) is 11.4 Å². The maximum absolute atomic E-state index is 12.4. The Bertz CT molecular complexity index is 975. The van der Waals surface area contributed by atoms with Crippen LogP contribution in [0.25, 0.3) is 11.5 Å². The summed E-state index contributed by atoms with van der Waals surface area (Å²) in [6.45, 7) is 0.931. The molecule has 1 amide bonds. The Hall–Kier alpha value is -3.36. The molecule has 1 aliphatic heterocycles. The highest BCUT2D eigenvalue weighted by Crippen LogP contribution is 2.28. The standard InChI is InChI=1S/C16H14N6O3/c1-21-13(23)6-5-12(19-21)16(24)22-8-10(9-22)15-18-14(20-25-15)11-4-2-3-7-17-11/h2-7,10H,8-9H2,1H3. The van der Waals surface area contributed by atoms with Crippen LogP contribution >= 0.6 is 0 Å². The summed E-state index contributed by atoms with van der Waals surface area (Å²) in [4.78, 5) is 33.9. The Labute approximate surface area is 141 Å². The van der Waals surface area contributed by atoms with E-state index in [2.05, 4.69) is 20.2 Å². The van der Waals surface area contributed by atoms with Crippen LogP contribution in [0.3, 0.4) is 0 Å². The van der Waals surface area contributed by atoms with E-state index in [9.17, 15) is 9.59 Å². The number of carbonyl (C=O) groups excluding carboxylic acids is 1. The summed E-state index contributed by atoms with van der Waals surface area (Å²) < 4.78 is 6.43. The number of amides is 1. The summed E-state index contributed by atoms with van der Waals surface area (Å²) in [7, 11) is 1.51. The van der Waals surface area contributed by atoms with Crippen molar-refractivity contribution in [2.24, 2.45) is 7.05 Å². The zero-order chi connectivity index (χ0) is 17.4. The van der Waals surface area contributed by atoms with Gasteiger partial charge >= 0.3 is 0 Å². The smallest absolute Gasteiger partial charge is 0.274 e. The lowest BCUT2D eigenvalue weighted by Crippen LogP contribution is -2.49. The monoisotopic (exact) mass is 338 g/mol. The first-order valence-electron chi connectivity index (χ1n) is 7.70. The van der Waals surface area contributed by atoms with Crippen molar-refractivity contribution in [1.82, 2.24) is 29.8 Å². The fourth-order valence-corrected chi connectivity index (χ4v) is 2.58. The molecule has 0 aliphatic carbocycles. The molecule has 4 rings (SSSR count). The molecule has 25 heavy (non-hydrogen) atoms. The summed E-state index contributed by atoms with van der Waals surface area (Å²) in [5, 5.41) is 7.91. The van der Waals surface area contributed by atoms with Crippen molar-refractivity contribution in [2.45, 2.75) is 5.92 Å². The second-order valence-corrected chi connectivity index (χ2v) is 5.76. The van der Waals surface area contributed by atoms with Gasteiger partial charge in [-0.3, -0.25) is 14.6 Å². The minimum absolute atomic E-state index is 0.0126. The van der Waals surface area contributed by atoms with Crippen molar-refractivity contribution in [1.29, 1.82) is 0 Å². The fraction of sp³-hybridized carbons (Fsp3) is 0.250. The summed E-state index contributed by atoms with van der Waals surface area (Å²) in [5.41, 5.74) is 0.616. The first-order valence-corrected chi connectivity index (χ1v) is 7.70. The highest BCUT2D eigenvalue weighted by molar-refractivity contribution is 5.92. The quantitative estimate of drug-likeness (QED) is 0.683. The van der Waals surface area contributed by atoms with Gasteiger partial charge in [-0.1, -0.05) is 11.2 Å². The second-order valence-electron chi connectivity index (χ2n) is 5.76. The highest BCUT2D eigenvalue weighted by Gasteiger charge is 2.36. The fourth-order valence-electron chi connectivity index (χ4n) is 2.58. The predicted molar refractivity (Wildman–Crippen MR) is 85.7 cm³/mol. The van der Waals surface area contributed by atoms with E-state index >= 15 is 0 Å². The first kappa shape index (κ1) is 15.2. The van der Waals surface area contributed by atoms with Crippen LogP contribution in [-0.2, 0) is 7.05 Å². The molecule has 9 heteroatoms. The highest BCUT2D eigenvalue weighted by atomic mass is 16.5. The third-order valence-electron chi connectivity index (χ3n) is 4.03. The number of nitrogens with zero attached hydrogens (tertiary/aromatic N) is 6. The third kappa shape index (κ3) is 2.80. The SMILES string of the molecule is Cn1nc(C(=O)N2CC(c3nc(-c4ccccn4)no3)C2)ccc1=O. The number of likely N-dealkylation sites (tertiary alicyclic amines) is 1. The number of hydrogen-bond donors (Lipinski definition) is 0. The number of rotatable bonds is 3. The predicted octanol–water partition coefficient (Wildman–Crippen LogP) is 0.465. The van der Waals surface area contributed by atoms with Crippen LogP contribution in [0.2, 0.25) is 0 Å². The molecule has 0 unspecified atom stereocenters. The van der Waals surface area contributed by atoms with Crippen molar-refractivity contribution >= 4 is 5.91 Å². The average Bonchev–Trinajstić information content (AvgIpc) is 3.06. The van der Waals surface area contributed by atoms with Crippen LogP contribution in [0.15, 0.2) is 45.8 Å². The van der Waals surface area contributed by atoms with Crippen molar-refractivity contribution < 1.29 is 9.32 Å². The van der Waals surface area contributed by atoms with Gasteiger partial charge in [-0.25, -0.2) is 4.68 Å². The van der Waals surface area contributed by atoms with E-state index < -0.39 is 0 Å². The van der Waals surface area contributed by atoms with Gasteiger partial charge in [0.05, 0.1) is 5.92 Å². The summed E-state index contributed by atoms with van der Waals surface area (Å²) in [6, 6.07) is 8.23. The normalized spacial score (nSPS) is 14.4. The summed E-state index contributed by atoms with van der Waals surface area (Å²) >= 11 is 0. The van der Waals surface area contributed by atoms with Gasteiger partial charge in [0, 0.05) is 32.4 Å². The molecule has 9 nitrogen and oxygen atoms in total. The zero-order valence-corrected chi connectivity index (χ0v) is 13.4. The average molecular weight is 338 g/mol. The number of aromatic nitrogens is 5. The molecular formula is C16H14N6O3. The van der Waals surface area contributed by atoms with Crippen molar-refractivity contribution in [3.05, 3.63) is 58.5 Å². The molecule has 0 radical (unpaired) electrons. The van der Waals surface area contributed by atoms with Gasteiger partial charge in [0.2, 0.25) is 11.7 Å². The minimum atomic E-state index is -0.258. The Morgan fingerprint density at radius 1 is 1.24 bits per heavy atom. The Morgan fingerprint density at radius 2 is 2.08 bits per heavy atom. The van der Waals surface area contributed by atoms with E-state index in [-0.39, 0.29) is 23.1 Å². The molecule has 3 aromatic heterocycles. The Morgan fingerprint density at radius 3 is 2.80 bits per heavy atom. The van der Waals surface area contributed by atoms with Crippen LogP contribution in [0.5, 0.6) is 0 Å². The molecule has 0 atom stereocenters. The molecule has 4 heterocycles. The van der Waals surface area contributed by atoms with E-state index in [1.54, 1.807) is 17.2 Å². The van der Waals surface area contributed by atoms with Gasteiger partial charge in [-0.05, 0) is 18.2 Å². The van der Waals surface area contributed by atoms with Crippen LogP contribution in [0, 0.1) is 0 Å². The zero-order valence-electron chi connectivity index (χ0n) is 13.4. The Kier molecular flexibility index (Phi) is 3.60. The number of hydrogen-bond acceptors (Lipinski definition) is 7. The number of aryl methyl sites for hydroxylation is 1. The lowest BCUT2D eigenvalue weighted by molar-refractivity contribution is 0.0560. The largest absolute Gasteiger partial charge is 0.338 e. The van der Waals surface area contributed by atoms with E-state index in [0.29, 0.717) is 30.5 Å². The minimum Gasteiger partial charge on any atom is -0.338 e. The molecule has 3 aromatic rings. The van der Waals surface area contributed by atoms with Crippen LogP contribution in [0.1, 0.15) is 22.3 Å². The molecule has 1 saturated heterocycles. The molecule has 0 saturated carbocycles. The molecule has 0 N–H and O–H groups in total. The van der Waals surface area contributed by atoms with Gasteiger partial charge in [0.25, 0.3) is 11.5 Å². The lowest BCUT2D eigenvalue weighted by Gasteiger charge is -2.36. The molecule has 0 spiro atoms. The van der Waals surface area contributed by atoms with E-state index in [0.717, 1.165) is 4.68 Å². The molecule has 1 fully saturated rings. The third-order valence-corrected chi connectivity index (χ3v) is 4.03. The van der Waals surface area contributed by atoms with Crippen molar-refractivity contribution in [3.8, 4) is 11.5 Å². The number of carbonyl (C=O) groups is 1. The molecule has 0 bridgehead atoms. The molecule has 1 aliphatic rings. The van der Waals surface area contributed by atoms with Crippen LogP contribution in [0.4, 0.5) is 0 Å². The lowest BCUT2D eigenvalue weighted by atomic mass is 9.99. The summed E-state index contributed by atoms with van der Waals surface area (Å²) in [5.74, 6) is 0.677. The summed E-state index contributed by atoms with van der Waals surface area (Å²) in [6.07, 6.45) is 1.66. The van der Waals surface area contributed by atoms with Crippen LogP contribution < -0.4 is 5.56 Å². The first-order chi connectivity index (χ1) is 12.1. The van der Waals surface area contributed by atoms with Gasteiger partial charge in [-0.2, -0.15) is 10.1 Å². The maximum Gasteiger partial charge on any atom is 0.274 e. The van der Waals surface area contributed by atoms with Crippen LogP contribution in [-0.4, -0.2) is 48.8 Å².